The van der Waals surface area contributed by atoms with Crippen molar-refractivity contribution in [1.29, 1.82) is 0 Å². The molecule has 1 aromatic heterocycles. The Labute approximate surface area is 182 Å². The Morgan fingerprint density at radius 3 is 2.71 bits per heavy atom. The molecule has 4 rings (SSSR count). The van der Waals surface area contributed by atoms with E-state index in [1.54, 1.807) is 37.4 Å². The summed E-state index contributed by atoms with van der Waals surface area (Å²) < 4.78 is 31.9. The number of hydrogen-bond donors (Lipinski definition) is 0. The third-order valence-corrected chi connectivity index (χ3v) is 4.75. The molecule has 0 saturated carbocycles. The number of methoxy groups -OCH3 is 2. The molecule has 2 aromatic carbocycles. The third-order valence-electron chi connectivity index (χ3n) is 4.47. The summed E-state index contributed by atoms with van der Waals surface area (Å²) in [6, 6.07) is 8.60. The number of esters is 1. The summed E-state index contributed by atoms with van der Waals surface area (Å²) >= 11 is 6.20. The summed E-state index contributed by atoms with van der Waals surface area (Å²) in [5.74, 6) is 2.15. The molecule has 0 saturated heterocycles. The molecule has 0 amide bonds. The molecule has 0 N–H and O–H groups in total. The van der Waals surface area contributed by atoms with Gasteiger partial charge in [-0.05, 0) is 35.9 Å². The molecule has 0 unspecified atom stereocenters. The fourth-order valence-corrected chi connectivity index (χ4v) is 3.32. The van der Waals surface area contributed by atoms with Crippen molar-refractivity contribution in [2.24, 2.45) is 0 Å². The van der Waals surface area contributed by atoms with Gasteiger partial charge in [0.05, 0.1) is 25.7 Å². The summed E-state index contributed by atoms with van der Waals surface area (Å²) in [5.41, 5.74) is 1.32. The van der Waals surface area contributed by atoms with E-state index in [1.165, 1.54) is 7.11 Å². The van der Waals surface area contributed by atoms with E-state index in [1.807, 2.05) is 0 Å². The molecule has 162 valence electrons. The molecule has 9 nitrogen and oxygen atoms in total. The predicted molar refractivity (Wildman–Crippen MR) is 109 cm³/mol. The minimum Gasteiger partial charge on any atom is -0.493 e. The Morgan fingerprint density at radius 2 is 1.90 bits per heavy atom. The Kier molecular flexibility index (Phi) is 6.13. The van der Waals surface area contributed by atoms with E-state index < -0.39 is 5.97 Å². The molecule has 0 bridgehead atoms. The first-order valence-electron chi connectivity index (χ1n) is 9.36. The summed E-state index contributed by atoms with van der Waals surface area (Å²) in [6.07, 6.45) is 0.00698. The first kappa shape index (κ1) is 20.8. The van der Waals surface area contributed by atoms with Crippen molar-refractivity contribution in [3.05, 3.63) is 46.8 Å². The molecule has 0 aliphatic carbocycles. The van der Waals surface area contributed by atoms with Crippen molar-refractivity contribution >= 4 is 17.6 Å². The smallest absolute Gasteiger partial charge is 0.310 e. The third kappa shape index (κ3) is 4.66. The fraction of sp³-hybridized carbons (Fsp3) is 0.286. The number of benzene rings is 2. The topological polar surface area (TPSA) is 102 Å². The minimum absolute atomic E-state index is 0.00698. The first-order valence-corrected chi connectivity index (χ1v) is 9.74. The van der Waals surface area contributed by atoms with Crippen LogP contribution < -0.4 is 18.9 Å². The zero-order valence-corrected chi connectivity index (χ0v) is 17.6. The lowest BCUT2D eigenvalue weighted by molar-refractivity contribution is -0.144. The summed E-state index contributed by atoms with van der Waals surface area (Å²) in [7, 11) is 3.09. The molecule has 2 heterocycles. The van der Waals surface area contributed by atoms with Gasteiger partial charge in [0.1, 0.15) is 13.2 Å². The number of ether oxygens (including phenoxy) is 5. The van der Waals surface area contributed by atoms with Crippen molar-refractivity contribution in [3.63, 3.8) is 0 Å². The minimum atomic E-state index is -0.474. The van der Waals surface area contributed by atoms with Crippen LogP contribution in [0.4, 0.5) is 0 Å². The van der Waals surface area contributed by atoms with Crippen LogP contribution in [0.25, 0.3) is 11.4 Å². The van der Waals surface area contributed by atoms with Gasteiger partial charge in [-0.2, -0.15) is 4.98 Å². The summed E-state index contributed by atoms with van der Waals surface area (Å²) in [6.45, 7) is 0.706. The maximum Gasteiger partial charge on any atom is 0.310 e. The molecule has 0 spiro atoms. The van der Waals surface area contributed by atoms with Crippen LogP contribution in [0.15, 0.2) is 34.9 Å². The Morgan fingerprint density at radius 1 is 1.10 bits per heavy atom. The lowest BCUT2D eigenvalue weighted by Crippen LogP contribution is -2.16. The van der Waals surface area contributed by atoms with Crippen LogP contribution in [-0.4, -0.2) is 43.5 Å². The molecular weight excluding hydrogens is 428 g/mol. The van der Waals surface area contributed by atoms with Gasteiger partial charge in [0.15, 0.2) is 29.6 Å². The molecule has 10 heteroatoms. The van der Waals surface area contributed by atoms with E-state index in [9.17, 15) is 4.79 Å². The maximum atomic E-state index is 12.2. The highest BCUT2D eigenvalue weighted by Crippen LogP contribution is 2.38. The number of hydrogen-bond acceptors (Lipinski definition) is 9. The lowest BCUT2D eigenvalue weighted by Gasteiger charge is -2.20. The molecular formula is C21H19ClN2O7. The van der Waals surface area contributed by atoms with Crippen LogP contribution in [-0.2, 0) is 22.6 Å². The Bertz CT molecular complexity index is 1100. The average Bonchev–Trinajstić information content (AvgIpc) is 3.26. The van der Waals surface area contributed by atoms with Crippen LogP contribution in [0.2, 0.25) is 5.02 Å². The van der Waals surface area contributed by atoms with Gasteiger partial charge >= 0.3 is 5.97 Å². The van der Waals surface area contributed by atoms with Crippen LogP contribution in [0.3, 0.4) is 0 Å². The molecule has 0 radical (unpaired) electrons. The normalized spacial score (nSPS) is 12.4. The second-order valence-electron chi connectivity index (χ2n) is 6.52. The van der Waals surface area contributed by atoms with Gasteiger partial charge < -0.3 is 28.2 Å². The molecule has 1 aliphatic heterocycles. The number of carbonyl (C=O) groups is 1. The van der Waals surface area contributed by atoms with Gasteiger partial charge in [-0.15, -0.1) is 0 Å². The molecule has 1 aliphatic rings. The number of nitrogens with zero attached hydrogens (tertiary/aromatic N) is 2. The van der Waals surface area contributed by atoms with E-state index in [4.69, 9.17) is 39.8 Å². The lowest BCUT2D eigenvalue weighted by atomic mass is 10.1. The summed E-state index contributed by atoms with van der Waals surface area (Å²) in [4.78, 5) is 16.5. The highest BCUT2D eigenvalue weighted by molar-refractivity contribution is 6.32. The second kappa shape index (κ2) is 9.13. The fourth-order valence-electron chi connectivity index (χ4n) is 3.03. The van der Waals surface area contributed by atoms with Crippen molar-refractivity contribution in [3.8, 4) is 34.4 Å². The monoisotopic (exact) mass is 446 g/mol. The van der Waals surface area contributed by atoms with E-state index in [-0.39, 0.29) is 18.9 Å². The zero-order valence-electron chi connectivity index (χ0n) is 16.8. The summed E-state index contributed by atoms with van der Waals surface area (Å²) in [5, 5.41) is 4.30. The maximum absolute atomic E-state index is 12.2. The molecule has 0 fully saturated rings. The van der Waals surface area contributed by atoms with Gasteiger partial charge in [-0.1, -0.05) is 16.8 Å². The van der Waals surface area contributed by atoms with Crippen LogP contribution >= 0.6 is 11.6 Å². The van der Waals surface area contributed by atoms with E-state index in [0.717, 1.165) is 0 Å². The van der Waals surface area contributed by atoms with E-state index >= 15 is 0 Å². The quantitative estimate of drug-likeness (QED) is 0.504. The molecule has 31 heavy (non-hydrogen) atoms. The van der Waals surface area contributed by atoms with Gasteiger partial charge in [-0.3, -0.25) is 4.79 Å². The largest absolute Gasteiger partial charge is 0.493 e. The zero-order chi connectivity index (χ0) is 21.8. The van der Waals surface area contributed by atoms with Crippen LogP contribution in [0, 0.1) is 0 Å². The van der Waals surface area contributed by atoms with Gasteiger partial charge in [0.2, 0.25) is 5.82 Å². The highest BCUT2D eigenvalue weighted by Gasteiger charge is 2.19. The van der Waals surface area contributed by atoms with Crippen molar-refractivity contribution < 1.29 is 33.0 Å². The number of fused-ring (bicyclic) bond motifs is 1. The molecule has 0 atom stereocenters. The Balaban J connectivity index is 1.38. The van der Waals surface area contributed by atoms with Gasteiger partial charge in [0.25, 0.3) is 5.89 Å². The number of rotatable bonds is 7. The van der Waals surface area contributed by atoms with Crippen LogP contribution in [0.1, 0.15) is 11.5 Å². The predicted octanol–water partition coefficient (Wildman–Crippen LogP) is 3.46. The van der Waals surface area contributed by atoms with Crippen molar-refractivity contribution in [2.45, 2.75) is 13.0 Å². The second-order valence-corrected chi connectivity index (χ2v) is 6.93. The number of halogens is 1. The standard InChI is InChI=1S/C21H19ClN2O7/c1-26-15-4-3-13(10-16(15)27-2)21-23-18(31-24-21)11-30-19(25)9-12-7-14(22)20-17(8-12)28-5-6-29-20/h3-4,7-8,10H,5-6,9,11H2,1-2H3. The highest BCUT2D eigenvalue weighted by atomic mass is 35.5. The van der Waals surface area contributed by atoms with E-state index in [2.05, 4.69) is 10.1 Å². The SMILES string of the molecule is COc1ccc(-c2noc(COC(=O)Cc3cc(Cl)c4c(c3)OCCO4)n2)cc1OC. The Hall–Kier alpha value is -3.46. The van der Waals surface area contributed by atoms with Gasteiger partial charge in [0, 0.05) is 5.56 Å². The molecule has 3 aromatic rings. The number of aromatic nitrogens is 2. The van der Waals surface area contributed by atoms with Crippen molar-refractivity contribution in [1.82, 2.24) is 10.1 Å². The van der Waals surface area contributed by atoms with Crippen LogP contribution in [0.5, 0.6) is 23.0 Å². The van der Waals surface area contributed by atoms with E-state index in [0.29, 0.717) is 58.2 Å². The van der Waals surface area contributed by atoms with Crippen molar-refractivity contribution in [2.75, 3.05) is 27.4 Å². The van der Waals surface area contributed by atoms with Gasteiger partial charge in [-0.25, -0.2) is 0 Å². The number of carbonyl (C=O) groups excluding carboxylic acids is 1. The first-order chi connectivity index (χ1) is 15.1. The average molecular weight is 447 g/mol.